The van der Waals surface area contributed by atoms with E-state index in [4.69, 9.17) is 4.74 Å². The highest BCUT2D eigenvalue weighted by Crippen LogP contribution is 2.31. The van der Waals surface area contributed by atoms with E-state index in [1.807, 2.05) is 31.2 Å². The number of para-hydroxylation sites is 1. The minimum Gasteiger partial charge on any atom is -0.493 e. The van der Waals surface area contributed by atoms with E-state index in [1.54, 1.807) is 0 Å². The fourth-order valence-electron chi connectivity index (χ4n) is 2.13. The van der Waals surface area contributed by atoms with Crippen molar-refractivity contribution in [3.05, 3.63) is 29.8 Å². The van der Waals surface area contributed by atoms with Gasteiger partial charge in [0.1, 0.15) is 5.75 Å². The maximum absolute atomic E-state index is 9.25. The second-order valence-electron chi connectivity index (χ2n) is 4.82. The molecule has 0 aliphatic heterocycles. The molecule has 98 valence electrons. The van der Waals surface area contributed by atoms with Gasteiger partial charge in [0.15, 0.2) is 0 Å². The molecule has 0 heterocycles. The van der Waals surface area contributed by atoms with Gasteiger partial charge in [-0.15, -0.1) is 0 Å². The maximum Gasteiger partial charge on any atom is 0.122 e. The van der Waals surface area contributed by atoms with Gasteiger partial charge in [0.05, 0.1) is 18.1 Å². The molecule has 0 aromatic heterocycles. The third-order valence-electron chi connectivity index (χ3n) is 3.74. The van der Waals surface area contributed by atoms with Crippen LogP contribution < -0.4 is 4.74 Å². The van der Waals surface area contributed by atoms with Gasteiger partial charge < -0.3 is 4.74 Å². The predicted molar refractivity (Wildman–Crippen MR) is 74.5 cm³/mol. The van der Waals surface area contributed by atoms with Gasteiger partial charge in [-0.2, -0.15) is 5.26 Å². The van der Waals surface area contributed by atoms with E-state index < -0.39 is 0 Å². The molecule has 0 radical (unpaired) electrons. The Balaban J connectivity index is 2.40. The standard InChI is InChI=1S/C16H23NO/c1-4-16(5-2,13-17)11-8-12-18-15-10-7-6-9-14(15)3/h6-7,9-10H,4-5,8,11-12H2,1-3H3. The van der Waals surface area contributed by atoms with Gasteiger partial charge in [0.2, 0.25) is 0 Å². The van der Waals surface area contributed by atoms with E-state index in [9.17, 15) is 5.26 Å². The van der Waals surface area contributed by atoms with Crippen LogP contribution in [0.3, 0.4) is 0 Å². The van der Waals surface area contributed by atoms with Crippen molar-refractivity contribution in [1.29, 1.82) is 5.26 Å². The fourth-order valence-corrected chi connectivity index (χ4v) is 2.13. The van der Waals surface area contributed by atoms with E-state index in [0.29, 0.717) is 6.61 Å². The molecule has 2 heteroatoms. The van der Waals surface area contributed by atoms with Crippen molar-refractivity contribution in [2.45, 2.75) is 46.5 Å². The van der Waals surface area contributed by atoms with Crippen LogP contribution in [0.2, 0.25) is 0 Å². The van der Waals surface area contributed by atoms with Crippen LogP contribution in [0.15, 0.2) is 24.3 Å². The minimum atomic E-state index is -0.158. The Hall–Kier alpha value is -1.49. The minimum absolute atomic E-state index is 0.158. The summed E-state index contributed by atoms with van der Waals surface area (Å²) in [5, 5.41) is 9.25. The summed E-state index contributed by atoms with van der Waals surface area (Å²) in [5.74, 6) is 0.952. The second-order valence-corrected chi connectivity index (χ2v) is 4.82. The van der Waals surface area contributed by atoms with E-state index in [2.05, 4.69) is 19.9 Å². The second kappa shape index (κ2) is 7.06. The summed E-state index contributed by atoms with van der Waals surface area (Å²) in [6, 6.07) is 10.5. The monoisotopic (exact) mass is 245 g/mol. The Morgan fingerprint density at radius 3 is 2.44 bits per heavy atom. The number of hydrogen-bond donors (Lipinski definition) is 0. The van der Waals surface area contributed by atoms with Crippen LogP contribution in [0, 0.1) is 23.7 Å². The van der Waals surface area contributed by atoms with Gasteiger partial charge in [-0.05, 0) is 44.2 Å². The molecule has 1 aromatic rings. The number of hydrogen-bond acceptors (Lipinski definition) is 2. The molecule has 0 saturated heterocycles. The van der Waals surface area contributed by atoms with Crippen molar-refractivity contribution in [3.8, 4) is 11.8 Å². The molecule has 2 nitrogen and oxygen atoms in total. The smallest absolute Gasteiger partial charge is 0.122 e. The first-order valence-electron chi connectivity index (χ1n) is 6.77. The number of rotatable bonds is 7. The van der Waals surface area contributed by atoms with E-state index in [-0.39, 0.29) is 5.41 Å². The molecule has 0 bridgehead atoms. The zero-order chi connectivity index (χ0) is 13.4. The third-order valence-corrected chi connectivity index (χ3v) is 3.74. The topological polar surface area (TPSA) is 33.0 Å². The highest BCUT2D eigenvalue weighted by molar-refractivity contribution is 5.31. The largest absolute Gasteiger partial charge is 0.493 e. The van der Waals surface area contributed by atoms with Crippen molar-refractivity contribution in [1.82, 2.24) is 0 Å². The van der Waals surface area contributed by atoms with E-state index in [0.717, 1.165) is 37.0 Å². The van der Waals surface area contributed by atoms with Crippen molar-refractivity contribution < 1.29 is 4.74 Å². The molecule has 18 heavy (non-hydrogen) atoms. The van der Waals surface area contributed by atoms with Gasteiger partial charge in [0.25, 0.3) is 0 Å². The molecule has 0 N–H and O–H groups in total. The highest BCUT2D eigenvalue weighted by Gasteiger charge is 2.24. The summed E-state index contributed by atoms with van der Waals surface area (Å²) in [4.78, 5) is 0. The number of benzene rings is 1. The predicted octanol–water partition coefficient (Wildman–Crippen LogP) is 4.48. The molecular weight excluding hydrogens is 222 g/mol. The Morgan fingerprint density at radius 1 is 1.22 bits per heavy atom. The zero-order valence-electron chi connectivity index (χ0n) is 11.7. The van der Waals surface area contributed by atoms with Crippen molar-refractivity contribution >= 4 is 0 Å². The Labute approximate surface area is 111 Å². The summed E-state index contributed by atoms with van der Waals surface area (Å²) < 4.78 is 5.76. The number of aryl methyl sites for hydroxylation is 1. The average Bonchev–Trinajstić information content (AvgIpc) is 2.42. The average molecular weight is 245 g/mol. The fraction of sp³-hybridized carbons (Fsp3) is 0.562. The lowest BCUT2D eigenvalue weighted by atomic mass is 9.80. The van der Waals surface area contributed by atoms with Gasteiger partial charge in [-0.3, -0.25) is 0 Å². The third kappa shape index (κ3) is 3.77. The van der Waals surface area contributed by atoms with Crippen molar-refractivity contribution in [2.75, 3.05) is 6.61 Å². The van der Waals surface area contributed by atoms with Crippen LogP contribution in [0.25, 0.3) is 0 Å². The lowest BCUT2D eigenvalue weighted by Crippen LogP contribution is -2.17. The molecule has 1 aromatic carbocycles. The van der Waals surface area contributed by atoms with Crippen LogP contribution in [0.5, 0.6) is 5.75 Å². The van der Waals surface area contributed by atoms with Crippen molar-refractivity contribution in [2.24, 2.45) is 5.41 Å². The summed E-state index contributed by atoms with van der Waals surface area (Å²) in [7, 11) is 0. The molecule has 0 saturated carbocycles. The van der Waals surface area contributed by atoms with Crippen LogP contribution in [-0.2, 0) is 0 Å². The maximum atomic E-state index is 9.25. The van der Waals surface area contributed by atoms with Gasteiger partial charge in [-0.25, -0.2) is 0 Å². The number of ether oxygens (including phenoxy) is 1. The lowest BCUT2D eigenvalue weighted by molar-refractivity contribution is 0.258. The van der Waals surface area contributed by atoms with Crippen LogP contribution in [0.1, 0.15) is 45.1 Å². The van der Waals surface area contributed by atoms with E-state index in [1.165, 1.54) is 0 Å². The summed E-state index contributed by atoms with van der Waals surface area (Å²) in [6.07, 6.45) is 3.70. The van der Waals surface area contributed by atoms with Crippen LogP contribution in [0.4, 0.5) is 0 Å². The van der Waals surface area contributed by atoms with Gasteiger partial charge in [0, 0.05) is 0 Å². The normalized spacial score (nSPS) is 11.0. The molecule has 0 aliphatic rings. The zero-order valence-corrected chi connectivity index (χ0v) is 11.7. The van der Waals surface area contributed by atoms with Gasteiger partial charge in [-0.1, -0.05) is 32.0 Å². The molecule has 0 unspecified atom stereocenters. The molecule has 0 amide bonds. The molecular formula is C16H23NO. The molecule has 0 aliphatic carbocycles. The molecule has 1 rings (SSSR count). The van der Waals surface area contributed by atoms with Crippen LogP contribution in [-0.4, -0.2) is 6.61 Å². The Morgan fingerprint density at radius 2 is 1.89 bits per heavy atom. The molecule has 0 spiro atoms. The summed E-state index contributed by atoms with van der Waals surface area (Å²) in [6.45, 7) is 6.92. The molecule has 0 fully saturated rings. The number of nitrogens with zero attached hydrogens (tertiary/aromatic N) is 1. The SMILES string of the molecule is CCC(C#N)(CC)CCCOc1ccccc1C. The first kappa shape index (κ1) is 14.6. The quantitative estimate of drug-likeness (QED) is 0.663. The summed E-state index contributed by atoms with van der Waals surface area (Å²) >= 11 is 0. The van der Waals surface area contributed by atoms with Gasteiger partial charge >= 0.3 is 0 Å². The van der Waals surface area contributed by atoms with E-state index >= 15 is 0 Å². The molecule has 0 atom stereocenters. The first-order valence-corrected chi connectivity index (χ1v) is 6.77. The van der Waals surface area contributed by atoms with Crippen molar-refractivity contribution in [3.63, 3.8) is 0 Å². The Bertz CT molecular complexity index is 402. The lowest BCUT2D eigenvalue weighted by Gasteiger charge is -2.23. The highest BCUT2D eigenvalue weighted by atomic mass is 16.5. The van der Waals surface area contributed by atoms with Crippen LogP contribution >= 0.6 is 0 Å². The summed E-state index contributed by atoms with van der Waals surface area (Å²) in [5.41, 5.74) is 1.00. The first-order chi connectivity index (χ1) is 8.67. The number of nitriles is 1. The Kier molecular flexibility index (Phi) is 5.71.